The molecule has 122 valence electrons. The lowest BCUT2D eigenvalue weighted by atomic mass is 10.0. The second-order valence-electron chi connectivity index (χ2n) is 5.93. The molecular weight excluding hydrogens is 298 g/mol. The van der Waals surface area contributed by atoms with Gasteiger partial charge in [-0.2, -0.15) is 5.10 Å². The number of nitrogens with zero attached hydrogens (tertiary/aromatic N) is 1. The van der Waals surface area contributed by atoms with Crippen molar-refractivity contribution in [3.63, 3.8) is 0 Å². The Labute approximate surface area is 133 Å². The summed E-state index contributed by atoms with van der Waals surface area (Å²) < 4.78 is 5.52. The number of carbonyl (C=O) groups is 2. The van der Waals surface area contributed by atoms with E-state index in [9.17, 15) is 9.59 Å². The first kappa shape index (κ1) is 15.5. The first-order chi connectivity index (χ1) is 11.1. The van der Waals surface area contributed by atoms with E-state index in [-0.39, 0.29) is 24.3 Å². The standard InChI is InChI=1S/C16H19N3O4/c20-15(5-10-1-2-12-7-18-19-14(12)4-10)17-8-13-3-11(9-23-13)6-16(21)22/h1-2,4,7,11,13H,3,5-6,8-9H2,(H,17,20)(H,18,19)(H,21,22). The zero-order valence-corrected chi connectivity index (χ0v) is 12.6. The van der Waals surface area contributed by atoms with E-state index in [4.69, 9.17) is 9.84 Å². The molecule has 7 nitrogen and oxygen atoms in total. The lowest BCUT2D eigenvalue weighted by molar-refractivity contribution is -0.138. The highest BCUT2D eigenvalue weighted by molar-refractivity contribution is 5.82. The van der Waals surface area contributed by atoms with Gasteiger partial charge in [0.05, 0.1) is 37.3 Å². The van der Waals surface area contributed by atoms with Crippen LogP contribution in [0.3, 0.4) is 0 Å². The summed E-state index contributed by atoms with van der Waals surface area (Å²) in [5.41, 5.74) is 1.82. The van der Waals surface area contributed by atoms with Crippen LogP contribution in [0.15, 0.2) is 24.4 Å². The van der Waals surface area contributed by atoms with Crippen molar-refractivity contribution in [1.29, 1.82) is 0 Å². The van der Waals surface area contributed by atoms with E-state index in [1.54, 1.807) is 6.20 Å². The molecule has 1 aromatic carbocycles. The number of hydrogen-bond donors (Lipinski definition) is 3. The van der Waals surface area contributed by atoms with Gasteiger partial charge < -0.3 is 15.2 Å². The number of aromatic amines is 1. The monoisotopic (exact) mass is 317 g/mol. The van der Waals surface area contributed by atoms with Crippen LogP contribution in [0.1, 0.15) is 18.4 Å². The van der Waals surface area contributed by atoms with Gasteiger partial charge in [0.1, 0.15) is 0 Å². The molecule has 2 heterocycles. The van der Waals surface area contributed by atoms with Crippen LogP contribution in [0, 0.1) is 5.92 Å². The lowest BCUT2D eigenvalue weighted by Gasteiger charge is -2.11. The third-order valence-corrected chi connectivity index (χ3v) is 4.03. The van der Waals surface area contributed by atoms with Crippen LogP contribution in [0.5, 0.6) is 0 Å². The van der Waals surface area contributed by atoms with Crippen molar-refractivity contribution in [1.82, 2.24) is 15.5 Å². The number of H-pyrrole nitrogens is 1. The number of benzene rings is 1. The number of rotatable bonds is 6. The second-order valence-corrected chi connectivity index (χ2v) is 5.93. The maximum absolute atomic E-state index is 12.0. The molecule has 7 heteroatoms. The van der Waals surface area contributed by atoms with E-state index in [1.165, 1.54) is 0 Å². The molecule has 2 aromatic rings. The molecule has 0 radical (unpaired) electrons. The third kappa shape index (κ3) is 4.07. The number of carboxylic acid groups (broad SMARTS) is 1. The normalized spacial score (nSPS) is 20.7. The maximum Gasteiger partial charge on any atom is 0.303 e. The van der Waals surface area contributed by atoms with Crippen molar-refractivity contribution in [3.05, 3.63) is 30.0 Å². The Morgan fingerprint density at radius 1 is 1.43 bits per heavy atom. The Bertz CT molecular complexity index is 712. The highest BCUT2D eigenvalue weighted by Gasteiger charge is 2.27. The molecule has 2 atom stereocenters. The first-order valence-electron chi connectivity index (χ1n) is 7.62. The summed E-state index contributed by atoms with van der Waals surface area (Å²) in [7, 11) is 0. The van der Waals surface area contributed by atoms with Gasteiger partial charge in [0.25, 0.3) is 0 Å². The van der Waals surface area contributed by atoms with Gasteiger partial charge in [0.15, 0.2) is 0 Å². The van der Waals surface area contributed by atoms with E-state index in [1.807, 2.05) is 18.2 Å². The van der Waals surface area contributed by atoms with Crippen LogP contribution in [0.25, 0.3) is 10.9 Å². The predicted molar refractivity (Wildman–Crippen MR) is 82.9 cm³/mol. The summed E-state index contributed by atoms with van der Waals surface area (Å²) in [5, 5.41) is 19.5. The molecule has 1 aromatic heterocycles. The van der Waals surface area contributed by atoms with Crippen LogP contribution < -0.4 is 5.32 Å². The number of carboxylic acids is 1. The Balaban J connectivity index is 1.45. The number of hydrogen-bond acceptors (Lipinski definition) is 4. The topological polar surface area (TPSA) is 104 Å². The van der Waals surface area contributed by atoms with Gasteiger partial charge in [-0.1, -0.05) is 12.1 Å². The Morgan fingerprint density at radius 3 is 3.13 bits per heavy atom. The molecule has 1 fully saturated rings. The smallest absolute Gasteiger partial charge is 0.303 e. The van der Waals surface area contributed by atoms with Gasteiger partial charge in [-0.3, -0.25) is 14.7 Å². The van der Waals surface area contributed by atoms with Crippen LogP contribution in [0.4, 0.5) is 0 Å². The van der Waals surface area contributed by atoms with Crippen LogP contribution in [-0.2, 0) is 20.7 Å². The van der Waals surface area contributed by atoms with Crippen LogP contribution >= 0.6 is 0 Å². The molecule has 23 heavy (non-hydrogen) atoms. The number of aromatic nitrogens is 2. The summed E-state index contributed by atoms with van der Waals surface area (Å²) in [4.78, 5) is 22.7. The quantitative estimate of drug-likeness (QED) is 0.740. The summed E-state index contributed by atoms with van der Waals surface area (Å²) in [5.74, 6) is -0.844. The molecule has 0 saturated carbocycles. The summed E-state index contributed by atoms with van der Waals surface area (Å²) in [6.07, 6.45) is 2.73. The molecule has 2 unspecified atom stereocenters. The zero-order valence-electron chi connectivity index (χ0n) is 12.6. The molecule has 3 rings (SSSR count). The van der Waals surface area contributed by atoms with E-state index in [0.29, 0.717) is 26.0 Å². The van der Waals surface area contributed by atoms with Gasteiger partial charge in [-0.25, -0.2) is 0 Å². The van der Waals surface area contributed by atoms with Crippen LogP contribution in [-0.4, -0.2) is 46.4 Å². The number of aliphatic carboxylic acids is 1. The van der Waals surface area contributed by atoms with Gasteiger partial charge in [-0.05, 0) is 24.0 Å². The maximum atomic E-state index is 12.0. The highest BCUT2D eigenvalue weighted by atomic mass is 16.5. The molecular formula is C16H19N3O4. The van der Waals surface area contributed by atoms with E-state index in [0.717, 1.165) is 16.5 Å². The largest absolute Gasteiger partial charge is 0.481 e. The molecule has 1 aliphatic rings. The number of fused-ring (bicyclic) bond motifs is 1. The molecule has 0 aliphatic carbocycles. The minimum absolute atomic E-state index is 0.0391. The molecule has 1 amide bonds. The number of ether oxygens (including phenoxy) is 1. The molecule has 1 aliphatic heterocycles. The summed E-state index contributed by atoms with van der Waals surface area (Å²) in [6.45, 7) is 0.866. The highest BCUT2D eigenvalue weighted by Crippen LogP contribution is 2.22. The van der Waals surface area contributed by atoms with Gasteiger partial charge >= 0.3 is 5.97 Å². The zero-order chi connectivity index (χ0) is 16.2. The van der Waals surface area contributed by atoms with Crippen molar-refractivity contribution < 1.29 is 19.4 Å². The van der Waals surface area contributed by atoms with Crippen LogP contribution in [0.2, 0.25) is 0 Å². The summed E-state index contributed by atoms with van der Waals surface area (Å²) >= 11 is 0. The molecule has 1 saturated heterocycles. The van der Waals surface area contributed by atoms with E-state index in [2.05, 4.69) is 15.5 Å². The number of nitrogens with one attached hydrogen (secondary N) is 2. The van der Waals surface area contributed by atoms with Gasteiger partial charge in [0, 0.05) is 11.9 Å². The summed E-state index contributed by atoms with van der Waals surface area (Å²) in [6, 6.07) is 5.75. The van der Waals surface area contributed by atoms with Gasteiger partial charge in [-0.15, -0.1) is 0 Å². The van der Waals surface area contributed by atoms with Gasteiger partial charge in [0.2, 0.25) is 5.91 Å². The minimum Gasteiger partial charge on any atom is -0.481 e. The molecule has 0 spiro atoms. The van der Waals surface area contributed by atoms with Crippen molar-refractivity contribution in [2.75, 3.05) is 13.2 Å². The molecule has 3 N–H and O–H groups in total. The fourth-order valence-corrected chi connectivity index (χ4v) is 2.88. The number of carbonyl (C=O) groups excluding carboxylic acids is 1. The fourth-order valence-electron chi connectivity index (χ4n) is 2.88. The van der Waals surface area contributed by atoms with Crippen molar-refractivity contribution >= 4 is 22.8 Å². The lowest BCUT2D eigenvalue weighted by Crippen LogP contribution is -2.32. The third-order valence-electron chi connectivity index (χ3n) is 4.03. The SMILES string of the molecule is O=C(O)CC1COC(CNC(=O)Cc2ccc3cn[nH]c3c2)C1. The second kappa shape index (κ2) is 6.78. The minimum atomic E-state index is -0.808. The number of amides is 1. The molecule has 0 bridgehead atoms. The predicted octanol–water partition coefficient (Wildman–Crippen LogP) is 1.10. The van der Waals surface area contributed by atoms with Crippen molar-refractivity contribution in [3.8, 4) is 0 Å². The Kier molecular flexibility index (Phi) is 4.57. The average Bonchev–Trinajstić information content (AvgIpc) is 3.13. The van der Waals surface area contributed by atoms with E-state index >= 15 is 0 Å². The van der Waals surface area contributed by atoms with Crippen molar-refractivity contribution in [2.24, 2.45) is 5.92 Å². The fraction of sp³-hybridized carbons (Fsp3) is 0.438. The average molecular weight is 317 g/mol. The van der Waals surface area contributed by atoms with E-state index < -0.39 is 5.97 Å². The Morgan fingerprint density at radius 2 is 2.30 bits per heavy atom. The Hall–Kier alpha value is -2.41. The first-order valence-corrected chi connectivity index (χ1v) is 7.62. The van der Waals surface area contributed by atoms with Crippen molar-refractivity contribution in [2.45, 2.75) is 25.4 Å².